The number of aromatic nitrogens is 1. The normalized spacial score (nSPS) is 25.1. The Morgan fingerprint density at radius 3 is 3.14 bits per heavy atom. The van der Waals surface area contributed by atoms with E-state index in [1.54, 1.807) is 16.7 Å². The molecule has 0 bridgehead atoms. The van der Waals surface area contributed by atoms with Crippen LogP contribution in [0.25, 0.3) is 0 Å². The molecule has 0 aliphatic carbocycles. The monoisotopic (exact) mass is 212 g/mol. The smallest absolute Gasteiger partial charge is 0.235 e. The minimum atomic E-state index is -1.87. The molecule has 2 rings (SSSR count). The van der Waals surface area contributed by atoms with Gasteiger partial charge in [-0.1, -0.05) is 6.07 Å². The minimum absolute atomic E-state index is 0.0505. The molecule has 0 saturated carbocycles. The molecule has 2 atom stereocenters. The van der Waals surface area contributed by atoms with E-state index in [0.29, 0.717) is 6.54 Å². The second-order valence-corrected chi connectivity index (χ2v) is 4.25. The molecule has 2 heterocycles. The Balaban J connectivity index is 2.22. The summed E-state index contributed by atoms with van der Waals surface area (Å²) in [5, 5.41) is 0. The topological polar surface area (TPSA) is 53.4 Å². The fourth-order valence-corrected chi connectivity index (χ4v) is 2.56. The zero-order valence-corrected chi connectivity index (χ0v) is 8.48. The van der Waals surface area contributed by atoms with E-state index in [1.807, 2.05) is 12.1 Å². The molecule has 1 aliphatic heterocycles. The Bertz CT molecular complexity index is 331. The van der Waals surface area contributed by atoms with E-state index in [4.69, 9.17) is 4.55 Å². The van der Waals surface area contributed by atoms with Crippen LogP contribution in [0.15, 0.2) is 24.5 Å². The van der Waals surface area contributed by atoms with Gasteiger partial charge in [-0.05, 0) is 24.5 Å². The average Bonchev–Trinajstić information content (AvgIpc) is 2.67. The van der Waals surface area contributed by atoms with E-state index >= 15 is 0 Å². The summed E-state index contributed by atoms with van der Waals surface area (Å²) in [4.78, 5) is 4.02. The summed E-state index contributed by atoms with van der Waals surface area (Å²) in [7, 11) is 0. The lowest BCUT2D eigenvalue weighted by molar-refractivity contribution is 0.383. The van der Waals surface area contributed by atoms with Gasteiger partial charge in [-0.3, -0.25) is 9.54 Å². The molecular weight excluding hydrogens is 200 g/mol. The maximum Gasteiger partial charge on any atom is 0.235 e. The molecule has 1 unspecified atom stereocenters. The standard InChI is InChI=1S/C9H12N2O2S/c12-14(13)11-6-2-4-9(11)8-3-1-5-10-7-8/h1,3,5,7,9H,2,4,6H2,(H,12,13)/t9-/m1/s1. The first-order chi connectivity index (χ1) is 6.79. The second-order valence-electron chi connectivity index (χ2n) is 3.32. The van der Waals surface area contributed by atoms with Gasteiger partial charge < -0.3 is 0 Å². The predicted octanol–water partition coefficient (Wildman–Crippen LogP) is 1.36. The van der Waals surface area contributed by atoms with Gasteiger partial charge in [-0.25, -0.2) is 4.21 Å². The van der Waals surface area contributed by atoms with Crippen molar-refractivity contribution in [2.24, 2.45) is 0 Å². The van der Waals surface area contributed by atoms with Gasteiger partial charge >= 0.3 is 0 Å². The van der Waals surface area contributed by atoms with Crippen LogP contribution in [0.2, 0.25) is 0 Å². The largest absolute Gasteiger partial charge is 0.294 e. The molecule has 76 valence electrons. The SMILES string of the molecule is O=S(O)N1CCC[C@@H]1c1cccnc1. The second kappa shape index (κ2) is 4.16. The Kier molecular flexibility index (Phi) is 2.90. The van der Waals surface area contributed by atoms with Gasteiger partial charge in [0.25, 0.3) is 0 Å². The van der Waals surface area contributed by atoms with E-state index < -0.39 is 11.3 Å². The summed E-state index contributed by atoms with van der Waals surface area (Å²) < 4.78 is 21.7. The van der Waals surface area contributed by atoms with Gasteiger partial charge in [0.2, 0.25) is 11.3 Å². The molecule has 0 radical (unpaired) electrons. The zero-order chi connectivity index (χ0) is 9.97. The van der Waals surface area contributed by atoms with Crippen molar-refractivity contribution in [3.05, 3.63) is 30.1 Å². The maximum atomic E-state index is 11.0. The summed E-state index contributed by atoms with van der Waals surface area (Å²) in [6.07, 6.45) is 5.36. The number of rotatable bonds is 2. The third kappa shape index (κ3) is 1.84. The van der Waals surface area contributed by atoms with Gasteiger partial charge in [0.15, 0.2) is 0 Å². The van der Waals surface area contributed by atoms with Crippen LogP contribution in [-0.2, 0) is 11.3 Å². The van der Waals surface area contributed by atoms with E-state index in [1.165, 1.54) is 0 Å². The van der Waals surface area contributed by atoms with Crippen LogP contribution < -0.4 is 0 Å². The van der Waals surface area contributed by atoms with Crippen LogP contribution in [0.4, 0.5) is 0 Å². The molecule has 4 nitrogen and oxygen atoms in total. The molecule has 0 aromatic carbocycles. The molecule has 1 aromatic heterocycles. The van der Waals surface area contributed by atoms with Crippen molar-refractivity contribution >= 4 is 11.3 Å². The predicted molar refractivity (Wildman–Crippen MR) is 53.7 cm³/mol. The quantitative estimate of drug-likeness (QED) is 0.753. The highest BCUT2D eigenvalue weighted by atomic mass is 32.2. The fraction of sp³-hybridized carbons (Fsp3) is 0.444. The molecule has 1 aromatic rings. The van der Waals surface area contributed by atoms with Crippen molar-refractivity contribution in [1.82, 2.24) is 9.29 Å². The lowest BCUT2D eigenvalue weighted by atomic mass is 10.1. The fourth-order valence-electron chi connectivity index (χ4n) is 1.83. The van der Waals surface area contributed by atoms with Crippen LogP contribution in [0.3, 0.4) is 0 Å². The van der Waals surface area contributed by atoms with Crippen LogP contribution in [0.1, 0.15) is 24.4 Å². The Morgan fingerprint density at radius 1 is 1.64 bits per heavy atom. The highest BCUT2D eigenvalue weighted by Gasteiger charge is 2.29. The first-order valence-corrected chi connectivity index (χ1v) is 5.63. The summed E-state index contributed by atoms with van der Waals surface area (Å²) >= 11 is -1.87. The van der Waals surface area contributed by atoms with Gasteiger partial charge in [-0.15, -0.1) is 0 Å². The molecule has 1 saturated heterocycles. The van der Waals surface area contributed by atoms with Crippen LogP contribution in [0.5, 0.6) is 0 Å². The third-order valence-corrected chi connectivity index (χ3v) is 3.31. The zero-order valence-electron chi connectivity index (χ0n) is 7.67. The lowest BCUT2D eigenvalue weighted by Crippen LogP contribution is -2.25. The first-order valence-electron chi connectivity index (χ1n) is 4.56. The number of pyridine rings is 1. The summed E-state index contributed by atoms with van der Waals surface area (Å²) in [5.41, 5.74) is 1.02. The Morgan fingerprint density at radius 2 is 2.50 bits per heavy atom. The lowest BCUT2D eigenvalue weighted by Gasteiger charge is -2.19. The average molecular weight is 212 g/mol. The van der Waals surface area contributed by atoms with E-state index in [0.717, 1.165) is 18.4 Å². The van der Waals surface area contributed by atoms with Gasteiger partial charge in [-0.2, -0.15) is 4.31 Å². The molecule has 5 heteroatoms. The molecule has 1 N–H and O–H groups in total. The van der Waals surface area contributed by atoms with Crippen molar-refractivity contribution in [3.63, 3.8) is 0 Å². The van der Waals surface area contributed by atoms with Gasteiger partial charge in [0.1, 0.15) is 0 Å². The highest BCUT2D eigenvalue weighted by Crippen LogP contribution is 2.31. The highest BCUT2D eigenvalue weighted by molar-refractivity contribution is 7.76. The van der Waals surface area contributed by atoms with Crippen molar-refractivity contribution in [2.45, 2.75) is 18.9 Å². The maximum absolute atomic E-state index is 11.0. The third-order valence-electron chi connectivity index (χ3n) is 2.47. The van der Waals surface area contributed by atoms with Gasteiger partial charge in [0.05, 0.1) is 6.04 Å². The van der Waals surface area contributed by atoms with Crippen LogP contribution >= 0.6 is 0 Å². The van der Waals surface area contributed by atoms with Crippen molar-refractivity contribution in [3.8, 4) is 0 Å². The first kappa shape index (κ1) is 9.76. The van der Waals surface area contributed by atoms with Crippen molar-refractivity contribution < 1.29 is 8.76 Å². The van der Waals surface area contributed by atoms with E-state index in [9.17, 15) is 4.21 Å². The van der Waals surface area contributed by atoms with Crippen LogP contribution in [0, 0.1) is 0 Å². The van der Waals surface area contributed by atoms with Crippen molar-refractivity contribution in [2.75, 3.05) is 6.54 Å². The van der Waals surface area contributed by atoms with Gasteiger partial charge in [0, 0.05) is 18.9 Å². The summed E-state index contributed by atoms with van der Waals surface area (Å²) in [6, 6.07) is 3.85. The van der Waals surface area contributed by atoms with Crippen LogP contribution in [-0.4, -0.2) is 24.6 Å². The Labute approximate surface area is 85.4 Å². The Hall–Kier alpha value is -0.780. The van der Waals surface area contributed by atoms with E-state index in [2.05, 4.69) is 4.98 Å². The number of hydrogen-bond donors (Lipinski definition) is 1. The number of hydrogen-bond acceptors (Lipinski definition) is 2. The molecule has 1 aliphatic rings. The molecule has 14 heavy (non-hydrogen) atoms. The molecule has 1 fully saturated rings. The molecular formula is C9H12N2O2S. The molecule has 0 amide bonds. The summed E-state index contributed by atoms with van der Waals surface area (Å²) in [6.45, 7) is 0.683. The minimum Gasteiger partial charge on any atom is -0.294 e. The van der Waals surface area contributed by atoms with E-state index in [-0.39, 0.29) is 6.04 Å². The van der Waals surface area contributed by atoms with Crippen molar-refractivity contribution in [1.29, 1.82) is 0 Å². The summed E-state index contributed by atoms with van der Waals surface area (Å²) in [5.74, 6) is 0. The number of nitrogens with zero attached hydrogens (tertiary/aromatic N) is 2. The molecule has 0 spiro atoms.